The first-order chi connectivity index (χ1) is 16.8. The summed E-state index contributed by atoms with van der Waals surface area (Å²) in [5.74, 6) is -0.485. The number of rotatable bonds is 8. The van der Waals surface area contributed by atoms with Crippen molar-refractivity contribution >= 4 is 33.2 Å². The first kappa shape index (κ1) is 24.3. The fraction of sp³-hybridized carbons (Fsp3) is 0.423. The lowest BCUT2D eigenvalue weighted by Gasteiger charge is -2.21. The summed E-state index contributed by atoms with van der Waals surface area (Å²) in [6.45, 7) is 0. The average Bonchev–Trinajstić information content (AvgIpc) is 3.55. The van der Waals surface area contributed by atoms with Crippen LogP contribution in [-0.2, 0) is 14.6 Å². The second-order valence-corrected chi connectivity index (χ2v) is 12.7. The zero-order valence-electron chi connectivity index (χ0n) is 19.1. The number of hydrogen-bond acceptors (Lipinski definition) is 5. The van der Waals surface area contributed by atoms with E-state index in [0.29, 0.717) is 35.7 Å². The first-order valence-corrected chi connectivity index (χ1v) is 14.4. The topological polar surface area (TPSA) is 66.5 Å². The molecule has 0 bridgehead atoms. The zero-order chi connectivity index (χ0) is 24.6. The van der Waals surface area contributed by atoms with Crippen molar-refractivity contribution in [3.05, 3.63) is 71.4 Å². The zero-order valence-corrected chi connectivity index (χ0v) is 20.8. The standard InChI is InChI=1S/C26H28F2N2O3S2/c27-23-13-17(14-24(23)28)12-22(18-6-8-20(9-7-18)35(32,33)21-10-11-21)26(31)29-25-15-30(16-34-25)19-4-2-1-3-5-19/h1-9,15,17,21-24H,10-14,16H2,(H,29,31)/t17?,22-,23?,24?/m1/s1. The SMILES string of the molecule is O=C(NC1=CN(c2ccccc2)CS1)[C@H](CC1CC(F)C(F)C1)c1ccc(S(=O)(=O)C2CC2)cc1. The molecular formula is C26H28F2N2O3S2. The van der Waals surface area contributed by atoms with E-state index in [1.807, 2.05) is 41.4 Å². The molecule has 2 aliphatic carbocycles. The van der Waals surface area contributed by atoms with Gasteiger partial charge in [0.1, 0.15) is 12.3 Å². The highest BCUT2D eigenvalue weighted by atomic mass is 32.2. The lowest BCUT2D eigenvalue weighted by atomic mass is 9.87. The molecule has 2 aromatic rings. The third-order valence-corrected chi connectivity index (χ3v) is 10.1. The summed E-state index contributed by atoms with van der Waals surface area (Å²) < 4.78 is 52.8. The van der Waals surface area contributed by atoms with Gasteiger partial charge in [-0.1, -0.05) is 42.1 Å². The molecule has 2 saturated carbocycles. The fourth-order valence-electron chi connectivity index (χ4n) is 4.81. The Hall–Kier alpha value is -2.39. The molecule has 2 unspecified atom stereocenters. The van der Waals surface area contributed by atoms with Crippen LogP contribution in [0.5, 0.6) is 0 Å². The molecule has 1 N–H and O–H groups in total. The van der Waals surface area contributed by atoms with Crippen LogP contribution in [0.15, 0.2) is 70.7 Å². The van der Waals surface area contributed by atoms with Crippen molar-refractivity contribution in [2.75, 3.05) is 10.8 Å². The maximum absolute atomic E-state index is 13.9. The number of nitrogens with zero attached hydrogens (tertiary/aromatic N) is 1. The molecule has 35 heavy (non-hydrogen) atoms. The van der Waals surface area contributed by atoms with Crippen LogP contribution in [0, 0.1) is 5.92 Å². The molecule has 0 spiro atoms. The maximum atomic E-state index is 13.9. The van der Waals surface area contributed by atoms with Gasteiger partial charge in [-0.15, -0.1) is 0 Å². The van der Waals surface area contributed by atoms with E-state index in [0.717, 1.165) is 5.69 Å². The first-order valence-electron chi connectivity index (χ1n) is 11.9. The normalized spacial score (nSPS) is 25.4. The number of thioether (sulfide) groups is 1. The van der Waals surface area contributed by atoms with E-state index in [4.69, 9.17) is 0 Å². The van der Waals surface area contributed by atoms with E-state index >= 15 is 0 Å². The predicted octanol–water partition coefficient (Wildman–Crippen LogP) is 5.31. The summed E-state index contributed by atoms with van der Waals surface area (Å²) in [4.78, 5) is 15.7. The maximum Gasteiger partial charge on any atom is 0.232 e. The lowest BCUT2D eigenvalue weighted by molar-refractivity contribution is -0.122. The molecule has 5 nitrogen and oxygen atoms in total. The highest BCUT2D eigenvalue weighted by Gasteiger charge is 2.39. The summed E-state index contributed by atoms with van der Waals surface area (Å²) in [6.07, 6.45) is 0.741. The van der Waals surface area contributed by atoms with E-state index in [-0.39, 0.29) is 34.8 Å². The van der Waals surface area contributed by atoms with E-state index in [1.165, 1.54) is 11.8 Å². The Morgan fingerprint density at radius 1 is 1.03 bits per heavy atom. The van der Waals surface area contributed by atoms with Crippen molar-refractivity contribution in [2.24, 2.45) is 5.92 Å². The van der Waals surface area contributed by atoms with Gasteiger partial charge in [-0.3, -0.25) is 4.79 Å². The molecule has 9 heteroatoms. The van der Waals surface area contributed by atoms with Gasteiger partial charge in [-0.2, -0.15) is 0 Å². The number of carbonyl (C=O) groups is 1. The number of carbonyl (C=O) groups excluding carboxylic acids is 1. The van der Waals surface area contributed by atoms with Crippen molar-refractivity contribution in [1.29, 1.82) is 0 Å². The number of para-hydroxylation sites is 1. The summed E-state index contributed by atoms with van der Waals surface area (Å²) in [6, 6.07) is 16.3. The van der Waals surface area contributed by atoms with Crippen LogP contribution in [-0.4, -0.2) is 37.8 Å². The number of sulfone groups is 1. The Kier molecular flexibility index (Phi) is 6.90. The monoisotopic (exact) mass is 518 g/mol. The fourth-order valence-corrected chi connectivity index (χ4v) is 7.34. The number of benzene rings is 2. The van der Waals surface area contributed by atoms with Gasteiger partial charge < -0.3 is 10.2 Å². The molecule has 1 aliphatic heterocycles. The molecule has 3 atom stereocenters. The van der Waals surface area contributed by atoms with Gasteiger partial charge in [0.15, 0.2) is 9.84 Å². The molecule has 0 saturated heterocycles. The van der Waals surface area contributed by atoms with Crippen LogP contribution >= 0.6 is 11.8 Å². The molecule has 2 fully saturated rings. The molecule has 186 valence electrons. The summed E-state index contributed by atoms with van der Waals surface area (Å²) in [5.41, 5.74) is 1.67. The van der Waals surface area contributed by atoms with Crippen LogP contribution < -0.4 is 10.2 Å². The van der Waals surface area contributed by atoms with Crippen LogP contribution in [0.4, 0.5) is 14.5 Å². The van der Waals surface area contributed by atoms with Gasteiger partial charge in [0, 0.05) is 11.9 Å². The lowest BCUT2D eigenvalue weighted by Crippen LogP contribution is -2.29. The molecular weight excluding hydrogens is 490 g/mol. The molecule has 3 aliphatic rings. The highest BCUT2D eigenvalue weighted by molar-refractivity contribution is 8.03. The van der Waals surface area contributed by atoms with Gasteiger partial charge in [-0.25, -0.2) is 17.2 Å². The van der Waals surface area contributed by atoms with Crippen molar-refractivity contribution in [3.8, 4) is 0 Å². The van der Waals surface area contributed by atoms with Crippen molar-refractivity contribution in [2.45, 2.75) is 60.5 Å². The number of amides is 1. The molecule has 0 aromatic heterocycles. The molecule has 5 rings (SSSR count). The van der Waals surface area contributed by atoms with Crippen molar-refractivity contribution in [3.63, 3.8) is 0 Å². The Morgan fingerprint density at radius 3 is 2.31 bits per heavy atom. The van der Waals surface area contributed by atoms with E-state index in [9.17, 15) is 22.0 Å². The van der Waals surface area contributed by atoms with Crippen LogP contribution in [0.2, 0.25) is 0 Å². The Bertz CT molecular complexity index is 1190. The Balaban J connectivity index is 1.34. The number of hydrogen-bond donors (Lipinski definition) is 1. The Labute approximate surface area is 208 Å². The second-order valence-electron chi connectivity index (χ2n) is 9.53. The van der Waals surface area contributed by atoms with Crippen molar-refractivity contribution < 1.29 is 22.0 Å². The largest absolute Gasteiger partial charge is 0.335 e. The summed E-state index contributed by atoms with van der Waals surface area (Å²) in [7, 11) is -3.33. The van der Waals surface area contributed by atoms with Crippen LogP contribution in [0.25, 0.3) is 0 Å². The summed E-state index contributed by atoms with van der Waals surface area (Å²) >= 11 is 1.50. The third-order valence-electron chi connectivity index (χ3n) is 6.94. The van der Waals surface area contributed by atoms with Crippen LogP contribution in [0.3, 0.4) is 0 Å². The van der Waals surface area contributed by atoms with Crippen molar-refractivity contribution in [1.82, 2.24) is 5.32 Å². The number of anilines is 1. The molecule has 1 heterocycles. The number of alkyl halides is 2. The third kappa shape index (κ3) is 5.40. The predicted molar refractivity (Wildman–Crippen MR) is 134 cm³/mol. The Morgan fingerprint density at radius 2 is 1.69 bits per heavy atom. The number of halogens is 2. The minimum absolute atomic E-state index is 0.0956. The van der Waals surface area contributed by atoms with E-state index in [2.05, 4.69) is 5.32 Å². The van der Waals surface area contributed by atoms with E-state index < -0.39 is 28.1 Å². The summed E-state index contributed by atoms with van der Waals surface area (Å²) in [5, 5.41) is 3.38. The quantitative estimate of drug-likeness (QED) is 0.513. The highest BCUT2D eigenvalue weighted by Crippen LogP contribution is 2.39. The average molecular weight is 519 g/mol. The second kappa shape index (κ2) is 9.93. The minimum Gasteiger partial charge on any atom is -0.335 e. The molecule has 2 aromatic carbocycles. The van der Waals surface area contributed by atoms with Gasteiger partial charge in [0.2, 0.25) is 5.91 Å². The van der Waals surface area contributed by atoms with Gasteiger partial charge >= 0.3 is 0 Å². The molecule has 1 amide bonds. The molecule has 0 radical (unpaired) electrons. The van der Waals surface area contributed by atoms with E-state index in [1.54, 1.807) is 24.3 Å². The minimum atomic E-state index is -3.33. The smallest absolute Gasteiger partial charge is 0.232 e. The van der Waals surface area contributed by atoms with Gasteiger partial charge in [0.05, 0.1) is 27.0 Å². The van der Waals surface area contributed by atoms with Gasteiger partial charge in [-0.05, 0) is 67.9 Å². The van der Waals surface area contributed by atoms with Gasteiger partial charge in [0.25, 0.3) is 0 Å². The number of nitrogens with one attached hydrogen (secondary N) is 1. The van der Waals surface area contributed by atoms with Crippen LogP contribution in [0.1, 0.15) is 43.6 Å².